The third-order valence-corrected chi connectivity index (χ3v) is 12.1. The third-order valence-electron chi connectivity index (χ3n) is 10.9. The second-order valence-corrected chi connectivity index (χ2v) is 14.9. The molecule has 0 saturated carbocycles. The molecule has 4 heteroatoms. The van der Waals surface area contributed by atoms with Gasteiger partial charge >= 0.3 is 0 Å². The van der Waals surface area contributed by atoms with E-state index in [4.69, 9.17) is 0 Å². The van der Waals surface area contributed by atoms with Gasteiger partial charge in [-0.25, -0.2) is 0 Å². The van der Waals surface area contributed by atoms with Crippen molar-refractivity contribution in [3.8, 4) is 16.8 Å². The second kappa shape index (κ2) is 11.7. The molecule has 0 aliphatic carbocycles. The van der Waals surface area contributed by atoms with Gasteiger partial charge in [-0.3, -0.25) is 0 Å². The van der Waals surface area contributed by atoms with Gasteiger partial charge in [-0.1, -0.05) is 121 Å². The van der Waals surface area contributed by atoms with E-state index < -0.39 is 0 Å². The Labute approximate surface area is 310 Å². The van der Waals surface area contributed by atoms with E-state index in [9.17, 15) is 0 Å². The first kappa shape index (κ1) is 30.0. The van der Waals surface area contributed by atoms with E-state index in [1.807, 2.05) is 11.3 Å². The SMILES string of the molecule is Cn1c2ccccc2c2ccc3c4ccccc4n(-c4cc(-c5cccc6c5sc5ccccc56)cc(N(c5ccccc5)c5ccccc5)c4)c3c21. The van der Waals surface area contributed by atoms with E-state index in [-0.39, 0.29) is 0 Å². The molecule has 3 heterocycles. The van der Waals surface area contributed by atoms with Crippen molar-refractivity contribution >= 4 is 92.2 Å². The highest BCUT2D eigenvalue weighted by atomic mass is 32.1. The van der Waals surface area contributed by atoms with Gasteiger partial charge < -0.3 is 14.0 Å². The molecule has 0 amide bonds. The highest BCUT2D eigenvalue weighted by molar-refractivity contribution is 7.26. The quantitative estimate of drug-likeness (QED) is 0.175. The van der Waals surface area contributed by atoms with Crippen LogP contribution in [-0.2, 0) is 7.05 Å². The molecule has 250 valence electrons. The molecule has 0 aliphatic rings. The molecule has 53 heavy (non-hydrogen) atoms. The molecule has 11 aromatic rings. The topological polar surface area (TPSA) is 13.1 Å². The summed E-state index contributed by atoms with van der Waals surface area (Å²) in [7, 11) is 2.21. The minimum Gasteiger partial charge on any atom is -0.342 e. The van der Waals surface area contributed by atoms with Gasteiger partial charge in [-0.15, -0.1) is 11.3 Å². The smallest absolute Gasteiger partial charge is 0.0785 e. The molecule has 0 bridgehead atoms. The van der Waals surface area contributed by atoms with E-state index in [0.29, 0.717) is 0 Å². The fourth-order valence-electron chi connectivity index (χ4n) is 8.56. The summed E-state index contributed by atoms with van der Waals surface area (Å²) < 4.78 is 7.51. The number of rotatable bonds is 5. The van der Waals surface area contributed by atoms with Crippen LogP contribution < -0.4 is 4.90 Å². The molecule has 0 N–H and O–H groups in total. The summed E-state index contributed by atoms with van der Waals surface area (Å²) in [5.41, 5.74) is 11.7. The summed E-state index contributed by atoms with van der Waals surface area (Å²) in [6.45, 7) is 0. The Morgan fingerprint density at radius 1 is 0.434 bits per heavy atom. The first-order valence-electron chi connectivity index (χ1n) is 18.1. The van der Waals surface area contributed by atoms with Gasteiger partial charge in [0.25, 0.3) is 0 Å². The van der Waals surface area contributed by atoms with Crippen molar-refractivity contribution in [1.29, 1.82) is 0 Å². The number of benzene rings is 8. The number of aromatic nitrogens is 2. The average molecular weight is 696 g/mol. The van der Waals surface area contributed by atoms with Gasteiger partial charge in [0.15, 0.2) is 0 Å². The van der Waals surface area contributed by atoms with E-state index in [1.165, 1.54) is 74.9 Å². The second-order valence-electron chi connectivity index (χ2n) is 13.8. The van der Waals surface area contributed by atoms with Crippen molar-refractivity contribution in [2.75, 3.05) is 4.90 Å². The van der Waals surface area contributed by atoms with Crippen LogP contribution in [0.4, 0.5) is 17.1 Å². The van der Waals surface area contributed by atoms with Crippen LogP contribution in [-0.4, -0.2) is 9.13 Å². The molecule has 0 aliphatic heterocycles. The standard InChI is InChI=1S/C49H33N3S/c1-50-44-24-11-8-19-38(44)41-27-28-42-39-20-9-12-25-45(39)52(48(42)47(41)50)36-30-32(37-22-14-23-43-40-21-10-13-26-46(40)53-49(37)43)29-35(31-36)51(33-15-4-2-5-16-33)34-17-6-3-7-18-34/h2-31H,1H3. The summed E-state index contributed by atoms with van der Waals surface area (Å²) >= 11 is 1.88. The van der Waals surface area contributed by atoms with Crippen LogP contribution in [0.3, 0.4) is 0 Å². The van der Waals surface area contributed by atoms with Crippen molar-refractivity contribution in [2.24, 2.45) is 7.05 Å². The largest absolute Gasteiger partial charge is 0.342 e. The maximum absolute atomic E-state index is 2.51. The van der Waals surface area contributed by atoms with Crippen molar-refractivity contribution in [1.82, 2.24) is 9.13 Å². The molecular weight excluding hydrogens is 663 g/mol. The van der Waals surface area contributed by atoms with Crippen LogP contribution in [0, 0.1) is 0 Å². The van der Waals surface area contributed by atoms with Gasteiger partial charge in [0.1, 0.15) is 0 Å². The fraction of sp³-hybridized carbons (Fsp3) is 0.0204. The number of fused-ring (bicyclic) bond motifs is 10. The minimum atomic E-state index is 1.10. The zero-order valence-electron chi connectivity index (χ0n) is 29.1. The molecule has 0 unspecified atom stereocenters. The number of nitrogens with zero attached hydrogens (tertiary/aromatic N) is 3. The Hall–Kier alpha value is -6.62. The molecule has 3 nitrogen and oxygen atoms in total. The first-order chi connectivity index (χ1) is 26.2. The maximum atomic E-state index is 2.51. The van der Waals surface area contributed by atoms with Crippen molar-refractivity contribution in [3.05, 3.63) is 182 Å². The van der Waals surface area contributed by atoms with Crippen LogP contribution >= 0.6 is 11.3 Å². The number of para-hydroxylation sites is 4. The number of thiophene rings is 1. The Balaban J connectivity index is 1.29. The summed E-state index contributed by atoms with van der Waals surface area (Å²) in [6.07, 6.45) is 0. The molecule has 0 atom stereocenters. The molecule has 0 saturated heterocycles. The number of hydrogen-bond donors (Lipinski definition) is 0. The van der Waals surface area contributed by atoms with Gasteiger partial charge in [0.05, 0.1) is 16.6 Å². The molecule has 3 aromatic heterocycles. The molecule has 0 fully saturated rings. The number of hydrogen-bond acceptors (Lipinski definition) is 2. The van der Waals surface area contributed by atoms with E-state index in [1.54, 1.807) is 0 Å². The lowest BCUT2D eigenvalue weighted by Crippen LogP contribution is -2.10. The Kier molecular flexibility index (Phi) is 6.64. The highest BCUT2D eigenvalue weighted by Crippen LogP contribution is 2.45. The van der Waals surface area contributed by atoms with Crippen LogP contribution in [0.1, 0.15) is 0 Å². The van der Waals surface area contributed by atoms with Crippen molar-refractivity contribution in [2.45, 2.75) is 0 Å². The summed E-state index contributed by atoms with van der Waals surface area (Å²) in [6, 6.07) is 66.5. The van der Waals surface area contributed by atoms with Crippen molar-refractivity contribution < 1.29 is 0 Å². The van der Waals surface area contributed by atoms with E-state index >= 15 is 0 Å². The fourth-order valence-corrected chi connectivity index (χ4v) is 9.80. The van der Waals surface area contributed by atoms with Gasteiger partial charge in [0.2, 0.25) is 0 Å². The van der Waals surface area contributed by atoms with E-state index in [2.05, 4.69) is 203 Å². The van der Waals surface area contributed by atoms with Gasteiger partial charge in [-0.2, -0.15) is 0 Å². The summed E-state index contributed by atoms with van der Waals surface area (Å²) in [5, 5.41) is 7.64. The number of anilines is 3. The lowest BCUT2D eigenvalue weighted by Gasteiger charge is -2.27. The Morgan fingerprint density at radius 2 is 1.02 bits per heavy atom. The predicted octanol–water partition coefficient (Wildman–Crippen LogP) is 13.9. The molecule has 11 rings (SSSR count). The van der Waals surface area contributed by atoms with E-state index in [0.717, 1.165) is 22.7 Å². The van der Waals surface area contributed by atoms with Crippen LogP contribution in [0.25, 0.3) is 80.6 Å². The normalized spacial score (nSPS) is 11.9. The van der Waals surface area contributed by atoms with Crippen LogP contribution in [0.2, 0.25) is 0 Å². The summed E-state index contributed by atoms with van der Waals surface area (Å²) in [5.74, 6) is 0. The van der Waals surface area contributed by atoms with Crippen molar-refractivity contribution in [3.63, 3.8) is 0 Å². The Bertz CT molecular complexity index is 3150. The first-order valence-corrected chi connectivity index (χ1v) is 18.9. The predicted molar refractivity (Wildman–Crippen MR) is 228 cm³/mol. The zero-order valence-corrected chi connectivity index (χ0v) is 29.9. The summed E-state index contributed by atoms with van der Waals surface area (Å²) in [4.78, 5) is 2.39. The Morgan fingerprint density at radius 3 is 1.75 bits per heavy atom. The maximum Gasteiger partial charge on any atom is 0.0785 e. The molecule has 0 spiro atoms. The molecule has 8 aromatic carbocycles. The highest BCUT2D eigenvalue weighted by Gasteiger charge is 2.22. The zero-order chi connectivity index (χ0) is 35.0. The monoisotopic (exact) mass is 695 g/mol. The van der Waals surface area contributed by atoms with Gasteiger partial charge in [-0.05, 0) is 71.8 Å². The minimum absolute atomic E-state index is 1.10. The van der Waals surface area contributed by atoms with Crippen LogP contribution in [0.5, 0.6) is 0 Å². The van der Waals surface area contributed by atoms with Gasteiger partial charge in [0, 0.05) is 77.0 Å². The molecule has 0 radical (unpaired) electrons. The average Bonchev–Trinajstić information content (AvgIpc) is 3.86. The molecular formula is C49H33N3S. The lowest BCUT2D eigenvalue weighted by atomic mass is 10.0. The number of aryl methyl sites for hydroxylation is 1. The third kappa shape index (κ3) is 4.52. The van der Waals surface area contributed by atoms with Crippen LogP contribution in [0.15, 0.2) is 182 Å². The lowest BCUT2D eigenvalue weighted by molar-refractivity contribution is 1.01.